The largest absolute Gasteiger partial charge is 0.497 e. The first-order chi connectivity index (χ1) is 16.0. The third-order valence-electron chi connectivity index (χ3n) is 4.68. The topological polar surface area (TPSA) is 84.9 Å². The van der Waals surface area contributed by atoms with E-state index >= 15 is 0 Å². The highest BCUT2D eigenvalue weighted by atomic mass is 32.2. The zero-order valence-electron chi connectivity index (χ0n) is 17.7. The monoisotopic (exact) mass is 460 g/mol. The van der Waals surface area contributed by atoms with Crippen LogP contribution in [0.4, 0.5) is 10.5 Å². The molecule has 1 aliphatic heterocycles. The quantitative estimate of drug-likeness (QED) is 0.490. The number of rotatable bonds is 7. The minimum absolute atomic E-state index is 0.245. The van der Waals surface area contributed by atoms with Crippen LogP contribution >= 0.6 is 11.8 Å². The lowest BCUT2D eigenvalue weighted by atomic mass is 10.2. The molecule has 1 saturated heterocycles. The van der Waals surface area contributed by atoms with Gasteiger partial charge in [-0.05, 0) is 71.9 Å². The minimum Gasteiger partial charge on any atom is -0.497 e. The second-order valence-corrected chi connectivity index (χ2v) is 8.03. The summed E-state index contributed by atoms with van der Waals surface area (Å²) < 4.78 is 10.9. The van der Waals surface area contributed by atoms with Gasteiger partial charge in [-0.1, -0.05) is 30.3 Å². The van der Waals surface area contributed by atoms with E-state index in [1.165, 1.54) is 0 Å². The maximum absolute atomic E-state index is 12.8. The van der Waals surface area contributed by atoms with Crippen molar-refractivity contribution < 1.29 is 23.9 Å². The van der Waals surface area contributed by atoms with Crippen LogP contribution in [-0.2, 0) is 9.59 Å². The molecule has 3 aromatic carbocycles. The molecule has 3 aromatic rings. The summed E-state index contributed by atoms with van der Waals surface area (Å²) in [5.41, 5.74) is 1.25. The number of hydrogen-bond acceptors (Lipinski definition) is 6. The number of carbonyl (C=O) groups excluding carboxylic acids is 3. The van der Waals surface area contributed by atoms with Crippen LogP contribution in [-0.4, -0.2) is 35.6 Å². The number of amides is 3. The maximum Gasteiger partial charge on any atom is 0.294 e. The highest BCUT2D eigenvalue weighted by molar-refractivity contribution is 8.18. The first kappa shape index (κ1) is 22.2. The SMILES string of the molecule is COc1ccc(NC(=O)CN2C(=O)S/C(=C\c3cccc(Oc4ccccc4)c3)C2=O)cc1. The number of anilines is 1. The number of benzene rings is 3. The van der Waals surface area contributed by atoms with Crippen LogP contribution in [0.2, 0.25) is 0 Å². The summed E-state index contributed by atoms with van der Waals surface area (Å²) >= 11 is 0.801. The predicted molar refractivity (Wildman–Crippen MR) is 127 cm³/mol. The maximum atomic E-state index is 12.8. The molecule has 1 fully saturated rings. The molecule has 0 aromatic heterocycles. The molecule has 1 aliphatic rings. The third kappa shape index (κ3) is 5.61. The minimum atomic E-state index is -0.510. The van der Waals surface area contributed by atoms with Crippen LogP contribution in [0, 0.1) is 0 Å². The molecule has 1 heterocycles. The van der Waals surface area contributed by atoms with Crippen molar-refractivity contribution >= 4 is 40.6 Å². The van der Waals surface area contributed by atoms with E-state index < -0.39 is 17.1 Å². The molecule has 3 amide bonds. The van der Waals surface area contributed by atoms with E-state index in [4.69, 9.17) is 9.47 Å². The van der Waals surface area contributed by atoms with Gasteiger partial charge in [0.15, 0.2) is 0 Å². The molecular formula is C25H20N2O5S. The number of ether oxygens (including phenoxy) is 2. The van der Waals surface area contributed by atoms with Crippen molar-refractivity contribution in [3.8, 4) is 17.2 Å². The van der Waals surface area contributed by atoms with Crippen molar-refractivity contribution in [1.29, 1.82) is 0 Å². The molecular weight excluding hydrogens is 440 g/mol. The van der Waals surface area contributed by atoms with Crippen molar-refractivity contribution in [2.45, 2.75) is 0 Å². The molecule has 1 N–H and O–H groups in total. The number of imide groups is 1. The smallest absolute Gasteiger partial charge is 0.294 e. The second-order valence-electron chi connectivity index (χ2n) is 7.03. The number of para-hydroxylation sites is 1. The van der Waals surface area contributed by atoms with Crippen LogP contribution in [0.1, 0.15) is 5.56 Å². The van der Waals surface area contributed by atoms with Crippen LogP contribution in [0.5, 0.6) is 17.2 Å². The van der Waals surface area contributed by atoms with Crippen molar-refractivity contribution in [2.24, 2.45) is 0 Å². The van der Waals surface area contributed by atoms with E-state index in [9.17, 15) is 14.4 Å². The summed E-state index contributed by atoms with van der Waals surface area (Å²) in [6.45, 7) is -0.370. The summed E-state index contributed by atoms with van der Waals surface area (Å²) in [5, 5.41) is 2.18. The standard InChI is InChI=1S/C25H20N2O5S/c1-31-19-12-10-18(11-13-19)26-23(28)16-27-24(29)22(33-25(27)30)15-17-6-5-9-21(14-17)32-20-7-3-2-4-8-20/h2-15H,16H2,1H3,(H,26,28)/b22-15-. The average molecular weight is 461 g/mol. The Labute approximate surface area is 195 Å². The zero-order valence-corrected chi connectivity index (χ0v) is 18.5. The molecule has 0 aliphatic carbocycles. The van der Waals surface area contributed by atoms with Crippen LogP contribution in [0.15, 0.2) is 83.8 Å². The molecule has 0 unspecified atom stereocenters. The molecule has 4 rings (SSSR count). The van der Waals surface area contributed by atoms with Crippen molar-refractivity contribution in [2.75, 3.05) is 19.0 Å². The third-order valence-corrected chi connectivity index (χ3v) is 5.59. The van der Waals surface area contributed by atoms with Crippen LogP contribution in [0.25, 0.3) is 6.08 Å². The number of carbonyl (C=O) groups is 3. The highest BCUT2D eigenvalue weighted by Crippen LogP contribution is 2.33. The van der Waals surface area contributed by atoms with Gasteiger partial charge in [0.05, 0.1) is 12.0 Å². The van der Waals surface area contributed by atoms with Crippen molar-refractivity contribution in [1.82, 2.24) is 4.90 Å². The Morgan fingerprint density at radius 1 is 0.939 bits per heavy atom. The van der Waals surface area contributed by atoms with E-state index in [1.807, 2.05) is 36.4 Å². The van der Waals surface area contributed by atoms with E-state index in [1.54, 1.807) is 55.7 Å². The summed E-state index contributed by atoms with van der Waals surface area (Å²) in [5.74, 6) is 0.972. The zero-order chi connectivity index (χ0) is 23.2. The Balaban J connectivity index is 1.42. The van der Waals surface area contributed by atoms with Gasteiger partial charge in [0.25, 0.3) is 11.1 Å². The Kier molecular flexibility index (Phi) is 6.75. The Hall–Kier alpha value is -4.04. The van der Waals surface area contributed by atoms with Gasteiger partial charge in [-0.25, -0.2) is 0 Å². The Morgan fingerprint density at radius 3 is 2.39 bits per heavy atom. The van der Waals surface area contributed by atoms with E-state index in [-0.39, 0.29) is 11.4 Å². The lowest BCUT2D eigenvalue weighted by molar-refractivity contribution is -0.127. The van der Waals surface area contributed by atoms with Gasteiger partial charge in [-0.2, -0.15) is 0 Å². The van der Waals surface area contributed by atoms with E-state index in [2.05, 4.69) is 5.32 Å². The van der Waals surface area contributed by atoms with Gasteiger partial charge in [-0.3, -0.25) is 19.3 Å². The molecule has 33 heavy (non-hydrogen) atoms. The molecule has 0 atom stereocenters. The van der Waals surface area contributed by atoms with Crippen molar-refractivity contribution in [3.05, 3.63) is 89.3 Å². The molecule has 8 heteroatoms. The number of methoxy groups -OCH3 is 1. The first-order valence-corrected chi connectivity index (χ1v) is 10.9. The molecule has 166 valence electrons. The van der Waals surface area contributed by atoms with Gasteiger partial charge in [-0.15, -0.1) is 0 Å². The molecule has 0 radical (unpaired) electrons. The second kappa shape index (κ2) is 10.1. The predicted octanol–water partition coefficient (Wildman–Crippen LogP) is 5.16. The molecule has 0 saturated carbocycles. The number of hydrogen-bond donors (Lipinski definition) is 1. The normalized spacial score (nSPS) is 14.5. The Morgan fingerprint density at radius 2 is 1.67 bits per heavy atom. The van der Waals surface area contributed by atoms with Gasteiger partial charge < -0.3 is 14.8 Å². The summed E-state index contributed by atoms with van der Waals surface area (Å²) in [7, 11) is 1.55. The number of thioether (sulfide) groups is 1. The van der Waals surface area contributed by atoms with Crippen LogP contribution < -0.4 is 14.8 Å². The summed E-state index contributed by atoms with van der Waals surface area (Å²) in [4.78, 5) is 38.7. The van der Waals surface area contributed by atoms with Gasteiger partial charge in [0.1, 0.15) is 23.8 Å². The Bertz CT molecular complexity index is 1210. The van der Waals surface area contributed by atoms with Crippen molar-refractivity contribution in [3.63, 3.8) is 0 Å². The average Bonchev–Trinajstić information content (AvgIpc) is 3.07. The van der Waals surface area contributed by atoms with Gasteiger partial charge in [0.2, 0.25) is 5.91 Å². The van der Waals surface area contributed by atoms with Gasteiger partial charge in [0, 0.05) is 5.69 Å². The molecule has 0 bridgehead atoms. The highest BCUT2D eigenvalue weighted by Gasteiger charge is 2.36. The number of nitrogens with one attached hydrogen (secondary N) is 1. The summed E-state index contributed by atoms with van der Waals surface area (Å²) in [6, 6.07) is 23.3. The summed E-state index contributed by atoms with van der Waals surface area (Å²) in [6.07, 6.45) is 1.62. The van der Waals surface area contributed by atoms with Gasteiger partial charge >= 0.3 is 0 Å². The molecule has 7 nitrogen and oxygen atoms in total. The van der Waals surface area contributed by atoms with E-state index in [0.29, 0.717) is 28.5 Å². The fourth-order valence-electron chi connectivity index (χ4n) is 3.10. The molecule has 0 spiro atoms. The van der Waals surface area contributed by atoms with E-state index in [0.717, 1.165) is 16.7 Å². The first-order valence-electron chi connectivity index (χ1n) is 10.0. The fraction of sp³-hybridized carbons (Fsp3) is 0.0800. The number of nitrogens with zero attached hydrogens (tertiary/aromatic N) is 1. The lowest BCUT2D eigenvalue weighted by Gasteiger charge is -2.12. The fourth-order valence-corrected chi connectivity index (χ4v) is 3.94. The lowest BCUT2D eigenvalue weighted by Crippen LogP contribution is -2.36. The van der Waals surface area contributed by atoms with Crippen LogP contribution in [0.3, 0.4) is 0 Å².